The summed E-state index contributed by atoms with van der Waals surface area (Å²) in [5.74, 6) is 0.915. The second kappa shape index (κ2) is 10.2. The Hall–Kier alpha value is -4.11. The van der Waals surface area contributed by atoms with Crippen molar-refractivity contribution in [3.05, 3.63) is 67.5 Å². The molecule has 176 valence electrons. The maximum absolute atomic E-state index is 9.98. The van der Waals surface area contributed by atoms with Crippen molar-refractivity contribution in [2.24, 2.45) is 10.8 Å². The van der Waals surface area contributed by atoms with Gasteiger partial charge in [0, 0.05) is 36.7 Å². The third-order valence-corrected chi connectivity index (χ3v) is 5.54. The molecule has 0 radical (unpaired) electrons. The Balaban J connectivity index is 1.49. The van der Waals surface area contributed by atoms with Gasteiger partial charge in [0.25, 0.3) is 0 Å². The van der Waals surface area contributed by atoms with Gasteiger partial charge in [0.1, 0.15) is 5.84 Å². The zero-order valence-corrected chi connectivity index (χ0v) is 19.2. The molecule has 0 aliphatic carbocycles. The van der Waals surface area contributed by atoms with Crippen molar-refractivity contribution < 1.29 is 5.11 Å². The molecule has 1 aliphatic rings. The van der Waals surface area contributed by atoms with E-state index in [0.717, 1.165) is 47.7 Å². The summed E-state index contributed by atoms with van der Waals surface area (Å²) in [5.41, 5.74) is 17.0. The number of aliphatic hydroxyl groups is 1. The van der Waals surface area contributed by atoms with Gasteiger partial charge in [-0.05, 0) is 62.2 Å². The molecule has 3 aromatic rings. The highest BCUT2D eigenvalue weighted by Gasteiger charge is 2.20. The molecule has 1 saturated heterocycles. The molecule has 4 rings (SSSR count). The Morgan fingerprint density at radius 2 is 2.06 bits per heavy atom. The number of hydrogen-bond donors (Lipinski definition) is 4. The minimum atomic E-state index is -0.310. The minimum absolute atomic E-state index is 0.310. The van der Waals surface area contributed by atoms with Crippen LogP contribution in [0.1, 0.15) is 19.8 Å². The lowest BCUT2D eigenvalue weighted by atomic mass is 10.1. The number of nitrogens with two attached hydrogens (primary N) is 2. The average molecular weight is 459 g/mol. The Morgan fingerprint density at radius 1 is 1.26 bits per heavy atom. The van der Waals surface area contributed by atoms with E-state index in [4.69, 9.17) is 11.5 Å². The summed E-state index contributed by atoms with van der Waals surface area (Å²) in [7, 11) is 0. The summed E-state index contributed by atoms with van der Waals surface area (Å²) in [4.78, 5) is 11.1. The summed E-state index contributed by atoms with van der Waals surface area (Å²) in [5, 5.41) is 19.0. The lowest BCUT2D eigenvalue weighted by molar-refractivity contribution is 0.154. The number of rotatable bonds is 7. The second-order valence-electron chi connectivity index (χ2n) is 8.22. The van der Waals surface area contributed by atoms with Crippen LogP contribution in [0.4, 0.5) is 28.7 Å². The number of aliphatic hydroxyl groups excluding tert-OH is 1. The fourth-order valence-corrected chi connectivity index (χ4v) is 3.96. The monoisotopic (exact) mass is 458 g/mol. The first-order valence-corrected chi connectivity index (χ1v) is 11.2. The van der Waals surface area contributed by atoms with Gasteiger partial charge < -0.3 is 26.8 Å². The van der Waals surface area contributed by atoms with Gasteiger partial charge >= 0.3 is 0 Å². The number of piperidine rings is 1. The molecule has 0 amide bonds. The molecule has 0 spiro atoms. The number of nitrogens with zero attached hydrogens (tertiary/aromatic N) is 5. The zero-order chi connectivity index (χ0) is 24.1. The molecule has 2 heterocycles. The quantitative estimate of drug-likeness (QED) is 0.183. The van der Waals surface area contributed by atoms with Crippen molar-refractivity contribution in [2.45, 2.75) is 25.9 Å². The molecule has 6 N–H and O–H groups in total. The molecule has 2 aromatic carbocycles. The van der Waals surface area contributed by atoms with Crippen LogP contribution in [0.2, 0.25) is 0 Å². The number of benzene rings is 2. The zero-order valence-electron chi connectivity index (χ0n) is 19.2. The smallest absolute Gasteiger partial charge is 0.227 e. The molecular weight excluding hydrogens is 428 g/mol. The van der Waals surface area contributed by atoms with Gasteiger partial charge in [-0.15, -0.1) is 0 Å². The standard InChI is InChI=1S/C25H30N8O/c1-3-33(31-17(2)26)20-9-7-19(8-10-20)29-25-28-13-12-23(30-25)18-6-11-24(22(27)15-18)32-14-4-5-21(34)16-32/h3,6-13,15,21,34H,1,4-5,14,16,27H2,2H3,(H2,26,31)(H,28,29,30). The molecule has 9 nitrogen and oxygen atoms in total. The molecule has 1 atom stereocenters. The lowest BCUT2D eigenvalue weighted by Crippen LogP contribution is -2.38. The van der Waals surface area contributed by atoms with E-state index < -0.39 is 0 Å². The van der Waals surface area contributed by atoms with Gasteiger partial charge in [-0.1, -0.05) is 12.6 Å². The van der Waals surface area contributed by atoms with E-state index in [-0.39, 0.29) is 6.10 Å². The summed E-state index contributed by atoms with van der Waals surface area (Å²) in [6.07, 6.45) is 4.78. The molecule has 1 unspecified atom stereocenters. The van der Waals surface area contributed by atoms with Crippen LogP contribution in [0.15, 0.2) is 72.6 Å². The Labute approximate surface area is 199 Å². The summed E-state index contributed by atoms with van der Waals surface area (Å²) < 4.78 is 0. The first-order chi connectivity index (χ1) is 16.4. The topological polar surface area (TPSA) is 129 Å². The number of hydrogen-bond acceptors (Lipinski definition) is 8. The van der Waals surface area contributed by atoms with Gasteiger partial charge in [0.15, 0.2) is 0 Å². The van der Waals surface area contributed by atoms with Crippen molar-refractivity contribution in [3.8, 4) is 11.3 Å². The van der Waals surface area contributed by atoms with Gasteiger partial charge in [-0.25, -0.2) is 15.0 Å². The van der Waals surface area contributed by atoms with Gasteiger partial charge in [-0.3, -0.25) is 0 Å². The normalized spacial score (nSPS) is 16.2. The van der Waals surface area contributed by atoms with Gasteiger partial charge in [0.2, 0.25) is 5.95 Å². The maximum Gasteiger partial charge on any atom is 0.227 e. The van der Waals surface area contributed by atoms with Crippen LogP contribution >= 0.6 is 0 Å². The molecule has 1 aliphatic heterocycles. The van der Waals surface area contributed by atoms with Crippen LogP contribution in [0.25, 0.3) is 11.3 Å². The number of nitrogens with one attached hydrogen (secondary N) is 1. The van der Waals surface area contributed by atoms with E-state index >= 15 is 0 Å². The van der Waals surface area contributed by atoms with Crippen LogP contribution in [-0.2, 0) is 0 Å². The number of amidine groups is 1. The van der Waals surface area contributed by atoms with Gasteiger partial charge in [0.05, 0.1) is 28.9 Å². The summed E-state index contributed by atoms with van der Waals surface area (Å²) >= 11 is 0. The number of anilines is 5. The van der Waals surface area contributed by atoms with E-state index in [1.807, 2.05) is 48.5 Å². The highest BCUT2D eigenvalue weighted by molar-refractivity contribution is 5.79. The van der Waals surface area contributed by atoms with Crippen molar-refractivity contribution in [1.29, 1.82) is 0 Å². The van der Waals surface area contributed by atoms with E-state index in [9.17, 15) is 5.11 Å². The lowest BCUT2D eigenvalue weighted by Gasteiger charge is -2.32. The SMILES string of the molecule is C=CN(/N=C(/C)N)c1ccc(Nc2nccc(-c3ccc(N4CCCC(O)C4)c(N)c3)n2)cc1. The average Bonchev–Trinajstić information content (AvgIpc) is 2.83. The Kier molecular flexibility index (Phi) is 6.93. The highest BCUT2D eigenvalue weighted by Crippen LogP contribution is 2.31. The van der Waals surface area contributed by atoms with Crippen molar-refractivity contribution >= 4 is 34.5 Å². The molecular formula is C25H30N8O. The van der Waals surface area contributed by atoms with Crippen LogP contribution < -0.4 is 26.7 Å². The highest BCUT2D eigenvalue weighted by atomic mass is 16.3. The van der Waals surface area contributed by atoms with Crippen LogP contribution in [-0.4, -0.2) is 40.1 Å². The molecule has 1 fully saturated rings. The van der Waals surface area contributed by atoms with E-state index in [1.165, 1.54) is 0 Å². The predicted octanol–water partition coefficient (Wildman–Crippen LogP) is 3.67. The Morgan fingerprint density at radius 3 is 2.74 bits per heavy atom. The van der Waals surface area contributed by atoms with Crippen molar-refractivity contribution in [2.75, 3.05) is 34.0 Å². The Bertz CT molecular complexity index is 1170. The fourth-order valence-electron chi connectivity index (χ4n) is 3.96. The van der Waals surface area contributed by atoms with E-state index in [1.54, 1.807) is 24.3 Å². The number of β-amino-alcohol motifs (C(OH)–C–C–N with tert-alkyl or cyclic N) is 1. The minimum Gasteiger partial charge on any atom is -0.397 e. The first kappa shape index (κ1) is 23.1. The first-order valence-electron chi connectivity index (χ1n) is 11.2. The molecule has 0 bridgehead atoms. The molecule has 9 heteroatoms. The predicted molar refractivity (Wildman–Crippen MR) is 139 cm³/mol. The van der Waals surface area contributed by atoms with Crippen molar-refractivity contribution in [1.82, 2.24) is 9.97 Å². The number of aromatic nitrogens is 2. The maximum atomic E-state index is 9.98. The van der Waals surface area contributed by atoms with Crippen molar-refractivity contribution in [3.63, 3.8) is 0 Å². The van der Waals surface area contributed by atoms with Crippen LogP contribution in [0, 0.1) is 0 Å². The second-order valence-corrected chi connectivity index (χ2v) is 8.22. The largest absolute Gasteiger partial charge is 0.397 e. The van der Waals surface area contributed by atoms with E-state index in [2.05, 4.69) is 31.9 Å². The molecule has 0 saturated carbocycles. The van der Waals surface area contributed by atoms with Gasteiger partial charge in [-0.2, -0.15) is 5.10 Å². The van der Waals surface area contributed by atoms with Crippen LogP contribution in [0.3, 0.4) is 0 Å². The summed E-state index contributed by atoms with van der Waals surface area (Å²) in [6.45, 7) is 6.98. The van der Waals surface area contributed by atoms with E-state index in [0.29, 0.717) is 24.0 Å². The number of hydrazone groups is 1. The number of nitrogen functional groups attached to an aromatic ring is 1. The van der Waals surface area contributed by atoms with Crippen LogP contribution in [0.5, 0.6) is 0 Å². The third kappa shape index (κ3) is 5.44. The summed E-state index contributed by atoms with van der Waals surface area (Å²) in [6, 6.07) is 15.4. The third-order valence-electron chi connectivity index (χ3n) is 5.54. The fraction of sp³-hybridized carbons (Fsp3) is 0.240. The molecule has 34 heavy (non-hydrogen) atoms. The molecule has 1 aromatic heterocycles.